The van der Waals surface area contributed by atoms with Crippen LogP contribution in [0.3, 0.4) is 0 Å². The van der Waals surface area contributed by atoms with E-state index in [2.05, 4.69) is 15.6 Å². The van der Waals surface area contributed by atoms with Crippen LogP contribution in [0, 0.1) is 0 Å². The second kappa shape index (κ2) is 5.94. The molecule has 0 bridgehead atoms. The Kier molecular flexibility index (Phi) is 4.29. The first kappa shape index (κ1) is 13.0. The normalized spacial score (nSPS) is 10.6. The number of nitrogens with one attached hydrogen (secondary N) is 1. The summed E-state index contributed by atoms with van der Waals surface area (Å²) in [4.78, 5) is 12.6. The van der Waals surface area contributed by atoms with Crippen LogP contribution in [-0.2, 0) is 24.4 Å². The topological polar surface area (TPSA) is 85.8 Å². The molecule has 2 aromatic heterocycles. The Labute approximate surface area is 113 Å². The number of carbonyl (C=O) groups excluding carboxylic acids is 1. The quantitative estimate of drug-likeness (QED) is 0.849. The van der Waals surface area contributed by atoms with Gasteiger partial charge in [0.1, 0.15) is 6.54 Å². The number of nitrogens with zero attached hydrogens (tertiary/aromatic N) is 3. The van der Waals surface area contributed by atoms with E-state index in [-0.39, 0.29) is 12.5 Å². The molecule has 0 aromatic carbocycles. The van der Waals surface area contributed by atoms with Crippen molar-refractivity contribution in [2.75, 3.05) is 0 Å². The number of carbonyl (C=O) groups is 1. The number of hydrogen-bond acceptors (Lipinski definition) is 5. The fourth-order valence-corrected chi connectivity index (χ4v) is 2.37. The van der Waals surface area contributed by atoms with Gasteiger partial charge in [0, 0.05) is 11.4 Å². The molecule has 0 saturated heterocycles. The lowest BCUT2D eigenvalue weighted by molar-refractivity contribution is -0.122. The van der Waals surface area contributed by atoms with Gasteiger partial charge in [-0.15, -0.1) is 16.4 Å². The SMILES string of the molecule is NCc1cn(CC(=O)NCc2ccc(Cl)s2)nn1. The second-order valence-electron chi connectivity index (χ2n) is 3.59. The smallest absolute Gasteiger partial charge is 0.242 e. The lowest BCUT2D eigenvalue weighted by Gasteiger charge is -2.02. The number of nitrogens with two attached hydrogens (primary N) is 1. The first-order chi connectivity index (χ1) is 8.67. The monoisotopic (exact) mass is 285 g/mol. The standard InChI is InChI=1S/C10H12ClN5OS/c11-9-2-1-8(18-9)4-13-10(17)6-16-5-7(3-12)14-15-16/h1-2,5H,3-4,6,12H2,(H,13,17). The number of hydrogen-bond donors (Lipinski definition) is 2. The maximum absolute atomic E-state index is 11.6. The molecule has 8 heteroatoms. The van der Waals surface area contributed by atoms with Crippen LogP contribution in [0.1, 0.15) is 10.6 Å². The summed E-state index contributed by atoms with van der Waals surface area (Å²) in [6, 6.07) is 3.69. The van der Waals surface area contributed by atoms with E-state index in [0.717, 1.165) is 4.88 Å². The molecule has 18 heavy (non-hydrogen) atoms. The molecule has 2 aromatic rings. The van der Waals surface area contributed by atoms with Crippen LogP contribution in [0.4, 0.5) is 0 Å². The van der Waals surface area contributed by atoms with Crippen LogP contribution in [0.5, 0.6) is 0 Å². The summed E-state index contributed by atoms with van der Waals surface area (Å²) >= 11 is 7.24. The molecular weight excluding hydrogens is 274 g/mol. The molecule has 0 radical (unpaired) electrons. The molecule has 96 valence electrons. The number of halogens is 1. The Morgan fingerprint density at radius 1 is 1.56 bits per heavy atom. The van der Waals surface area contributed by atoms with Crippen LogP contribution in [0.25, 0.3) is 0 Å². The minimum atomic E-state index is -0.131. The molecule has 6 nitrogen and oxygen atoms in total. The molecule has 1 amide bonds. The van der Waals surface area contributed by atoms with Crippen LogP contribution >= 0.6 is 22.9 Å². The summed E-state index contributed by atoms with van der Waals surface area (Å²) in [5.41, 5.74) is 6.06. The summed E-state index contributed by atoms with van der Waals surface area (Å²) in [6.45, 7) is 0.913. The van der Waals surface area contributed by atoms with Crippen LogP contribution < -0.4 is 11.1 Å². The van der Waals surface area contributed by atoms with E-state index >= 15 is 0 Å². The molecule has 2 heterocycles. The Bertz CT molecular complexity index is 538. The van der Waals surface area contributed by atoms with Crippen molar-refractivity contribution in [3.05, 3.63) is 33.2 Å². The number of thiophene rings is 1. The zero-order chi connectivity index (χ0) is 13.0. The Hall–Kier alpha value is -1.44. The van der Waals surface area contributed by atoms with E-state index in [0.29, 0.717) is 23.1 Å². The lowest BCUT2D eigenvalue weighted by Crippen LogP contribution is -2.27. The summed E-state index contributed by atoms with van der Waals surface area (Å²) < 4.78 is 2.17. The number of rotatable bonds is 5. The molecule has 0 spiro atoms. The predicted octanol–water partition coefficient (Wildman–Crippen LogP) is 0.768. The van der Waals surface area contributed by atoms with E-state index in [4.69, 9.17) is 17.3 Å². The number of aromatic nitrogens is 3. The fraction of sp³-hybridized carbons (Fsp3) is 0.300. The lowest BCUT2D eigenvalue weighted by atomic mass is 10.4. The minimum Gasteiger partial charge on any atom is -0.350 e. The van der Waals surface area contributed by atoms with Crippen molar-refractivity contribution in [1.29, 1.82) is 0 Å². The predicted molar refractivity (Wildman–Crippen MR) is 69.1 cm³/mol. The van der Waals surface area contributed by atoms with Gasteiger partial charge in [-0.2, -0.15) is 0 Å². The minimum absolute atomic E-state index is 0.131. The first-order valence-corrected chi connectivity index (χ1v) is 6.47. The van der Waals surface area contributed by atoms with Gasteiger partial charge >= 0.3 is 0 Å². The van der Waals surface area contributed by atoms with Crippen LogP contribution in [0.15, 0.2) is 18.3 Å². The van der Waals surface area contributed by atoms with Gasteiger partial charge in [0.15, 0.2) is 0 Å². The molecular formula is C10H12ClN5OS. The Balaban J connectivity index is 1.81. The highest BCUT2D eigenvalue weighted by Gasteiger charge is 2.06. The molecule has 0 saturated carbocycles. The van der Waals surface area contributed by atoms with Crippen molar-refractivity contribution in [3.63, 3.8) is 0 Å². The van der Waals surface area contributed by atoms with Gasteiger partial charge in [-0.05, 0) is 12.1 Å². The Morgan fingerprint density at radius 3 is 3.00 bits per heavy atom. The van der Waals surface area contributed by atoms with Crippen LogP contribution in [0.2, 0.25) is 4.34 Å². The van der Waals surface area contributed by atoms with Gasteiger partial charge in [0.05, 0.1) is 22.8 Å². The highest BCUT2D eigenvalue weighted by molar-refractivity contribution is 7.16. The van der Waals surface area contributed by atoms with Crippen LogP contribution in [-0.4, -0.2) is 20.9 Å². The summed E-state index contributed by atoms with van der Waals surface area (Å²) in [5.74, 6) is -0.131. The van der Waals surface area contributed by atoms with Crippen molar-refractivity contribution >= 4 is 28.8 Å². The number of amides is 1. The van der Waals surface area contributed by atoms with Gasteiger partial charge in [-0.25, -0.2) is 4.68 Å². The van der Waals surface area contributed by atoms with Gasteiger partial charge in [0.25, 0.3) is 0 Å². The van der Waals surface area contributed by atoms with Gasteiger partial charge in [-0.1, -0.05) is 16.8 Å². The van der Waals surface area contributed by atoms with E-state index in [1.807, 2.05) is 6.07 Å². The van der Waals surface area contributed by atoms with E-state index in [1.165, 1.54) is 16.0 Å². The van der Waals surface area contributed by atoms with Crippen molar-refractivity contribution in [1.82, 2.24) is 20.3 Å². The fourth-order valence-electron chi connectivity index (χ4n) is 1.34. The zero-order valence-electron chi connectivity index (χ0n) is 9.47. The first-order valence-electron chi connectivity index (χ1n) is 5.27. The molecule has 3 N–H and O–H groups in total. The highest BCUT2D eigenvalue weighted by Crippen LogP contribution is 2.20. The maximum Gasteiger partial charge on any atom is 0.242 e. The summed E-state index contributed by atoms with van der Waals surface area (Å²) in [6.07, 6.45) is 1.65. The van der Waals surface area contributed by atoms with E-state index < -0.39 is 0 Å². The van der Waals surface area contributed by atoms with E-state index in [9.17, 15) is 4.79 Å². The van der Waals surface area contributed by atoms with Crippen molar-refractivity contribution in [3.8, 4) is 0 Å². The Morgan fingerprint density at radius 2 is 2.39 bits per heavy atom. The molecule has 2 rings (SSSR count). The van der Waals surface area contributed by atoms with Crippen molar-refractivity contribution in [2.24, 2.45) is 5.73 Å². The molecule has 0 aliphatic rings. The third-order valence-electron chi connectivity index (χ3n) is 2.19. The molecule has 0 aliphatic carbocycles. The second-order valence-corrected chi connectivity index (χ2v) is 5.39. The molecule has 0 unspecified atom stereocenters. The summed E-state index contributed by atoms with van der Waals surface area (Å²) in [5, 5.41) is 10.4. The van der Waals surface area contributed by atoms with Crippen molar-refractivity contribution in [2.45, 2.75) is 19.6 Å². The maximum atomic E-state index is 11.6. The zero-order valence-corrected chi connectivity index (χ0v) is 11.0. The largest absolute Gasteiger partial charge is 0.350 e. The van der Waals surface area contributed by atoms with Crippen molar-refractivity contribution < 1.29 is 4.79 Å². The molecule has 0 aliphatic heterocycles. The summed E-state index contributed by atoms with van der Waals surface area (Å²) in [7, 11) is 0. The van der Waals surface area contributed by atoms with Gasteiger partial charge in [0.2, 0.25) is 5.91 Å². The van der Waals surface area contributed by atoms with E-state index in [1.54, 1.807) is 12.3 Å². The van der Waals surface area contributed by atoms with Gasteiger partial charge < -0.3 is 11.1 Å². The molecule has 0 atom stereocenters. The van der Waals surface area contributed by atoms with Gasteiger partial charge in [-0.3, -0.25) is 4.79 Å². The average molecular weight is 286 g/mol. The third-order valence-corrected chi connectivity index (χ3v) is 3.42. The third kappa shape index (κ3) is 3.52. The average Bonchev–Trinajstić information content (AvgIpc) is 2.95. The molecule has 0 fully saturated rings. The highest BCUT2D eigenvalue weighted by atomic mass is 35.5.